The first kappa shape index (κ1) is 12.4. The Morgan fingerprint density at radius 3 is 2.65 bits per heavy atom. The van der Waals surface area contributed by atoms with Gasteiger partial charge in [0.2, 0.25) is 11.8 Å². The van der Waals surface area contributed by atoms with Crippen LogP contribution in [0, 0.1) is 5.92 Å². The highest BCUT2D eigenvalue weighted by molar-refractivity contribution is 5.92. The molecular formula is C12H21N3O2. The first-order valence-electron chi connectivity index (χ1n) is 6.46. The molecule has 0 aromatic heterocycles. The van der Waals surface area contributed by atoms with Gasteiger partial charge in [0.05, 0.1) is 13.1 Å². The quantitative estimate of drug-likeness (QED) is 0.734. The summed E-state index contributed by atoms with van der Waals surface area (Å²) in [5.74, 6) is 0.589. The van der Waals surface area contributed by atoms with Crippen molar-refractivity contribution in [3.63, 3.8) is 0 Å². The summed E-state index contributed by atoms with van der Waals surface area (Å²) in [5, 5.41) is 2.58. The fourth-order valence-corrected chi connectivity index (χ4v) is 2.57. The summed E-state index contributed by atoms with van der Waals surface area (Å²) < 4.78 is 0. The molecule has 0 aliphatic carbocycles. The molecule has 2 fully saturated rings. The lowest BCUT2D eigenvalue weighted by molar-refractivity contribution is -0.141. The number of carbonyl (C=O) groups excluding carboxylic acids is 2. The van der Waals surface area contributed by atoms with E-state index in [4.69, 9.17) is 0 Å². The molecule has 2 saturated heterocycles. The summed E-state index contributed by atoms with van der Waals surface area (Å²) in [7, 11) is 0. The lowest BCUT2D eigenvalue weighted by Crippen LogP contribution is -2.53. The monoisotopic (exact) mass is 239 g/mol. The molecule has 0 spiro atoms. The maximum absolute atomic E-state index is 11.6. The average Bonchev–Trinajstić information content (AvgIpc) is 2.35. The molecule has 0 aromatic rings. The third kappa shape index (κ3) is 3.19. The first-order valence-corrected chi connectivity index (χ1v) is 6.46. The second-order valence-corrected chi connectivity index (χ2v) is 4.93. The van der Waals surface area contributed by atoms with Gasteiger partial charge in [-0.2, -0.15) is 0 Å². The fourth-order valence-electron chi connectivity index (χ4n) is 2.57. The lowest BCUT2D eigenvalue weighted by atomic mass is 9.96. The van der Waals surface area contributed by atoms with E-state index >= 15 is 0 Å². The van der Waals surface area contributed by atoms with Gasteiger partial charge in [0, 0.05) is 6.54 Å². The molecule has 5 nitrogen and oxygen atoms in total. The Morgan fingerprint density at radius 1 is 1.29 bits per heavy atom. The molecule has 17 heavy (non-hydrogen) atoms. The van der Waals surface area contributed by atoms with E-state index in [-0.39, 0.29) is 24.9 Å². The van der Waals surface area contributed by atoms with Gasteiger partial charge in [0.25, 0.3) is 0 Å². The molecule has 0 saturated carbocycles. The summed E-state index contributed by atoms with van der Waals surface area (Å²) in [4.78, 5) is 27.0. The maximum atomic E-state index is 11.6. The van der Waals surface area contributed by atoms with E-state index in [2.05, 4.69) is 17.1 Å². The zero-order valence-corrected chi connectivity index (χ0v) is 10.4. The number of piperazine rings is 1. The largest absolute Gasteiger partial charge is 0.345 e. The predicted octanol–water partition coefficient (Wildman–Crippen LogP) is -0.323. The van der Waals surface area contributed by atoms with Crippen LogP contribution in [0.4, 0.5) is 0 Å². The Labute approximate surface area is 102 Å². The van der Waals surface area contributed by atoms with Crippen LogP contribution in [0.5, 0.6) is 0 Å². The van der Waals surface area contributed by atoms with Gasteiger partial charge in [0.15, 0.2) is 0 Å². The minimum absolute atomic E-state index is 0.0319. The molecule has 1 N–H and O–H groups in total. The Kier molecular flexibility index (Phi) is 3.99. The van der Waals surface area contributed by atoms with Crippen molar-refractivity contribution in [2.75, 3.05) is 39.3 Å². The van der Waals surface area contributed by atoms with Crippen molar-refractivity contribution in [1.29, 1.82) is 0 Å². The number of rotatable bonds is 3. The van der Waals surface area contributed by atoms with Crippen molar-refractivity contribution in [2.45, 2.75) is 19.8 Å². The number of carbonyl (C=O) groups is 2. The highest BCUT2D eigenvalue weighted by Gasteiger charge is 2.27. The zero-order valence-electron chi connectivity index (χ0n) is 10.4. The highest BCUT2D eigenvalue weighted by atomic mass is 16.2. The topological polar surface area (TPSA) is 52.6 Å². The van der Waals surface area contributed by atoms with Crippen molar-refractivity contribution in [3.05, 3.63) is 0 Å². The maximum Gasteiger partial charge on any atom is 0.242 e. The molecule has 0 aromatic carbocycles. The highest BCUT2D eigenvalue weighted by Crippen LogP contribution is 2.18. The molecule has 96 valence electrons. The number of likely N-dealkylation sites (tertiary alicyclic amines) is 1. The summed E-state index contributed by atoms with van der Waals surface area (Å²) in [6, 6.07) is 0. The van der Waals surface area contributed by atoms with Crippen LogP contribution in [0.3, 0.4) is 0 Å². The van der Waals surface area contributed by atoms with Crippen LogP contribution < -0.4 is 5.32 Å². The summed E-state index contributed by atoms with van der Waals surface area (Å²) in [5.41, 5.74) is 0. The van der Waals surface area contributed by atoms with Gasteiger partial charge in [-0.1, -0.05) is 6.92 Å². The second kappa shape index (κ2) is 5.49. The minimum Gasteiger partial charge on any atom is -0.345 e. The molecule has 5 heteroatoms. The number of nitrogens with zero attached hydrogens (tertiary/aromatic N) is 2. The van der Waals surface area contributed by atoms with Gasteiger partial charge in [-0.3, -0.25) is 9.59 Å². The van der Waals surface area contributed by atoms with Gasteiger partial charge in [-0.05, 0) is 38.4 Å². The Balaban J connectivity index is 1.80. The van der Waals surface area contributed by atoms with Crippen molar-refractivity contribution in [2.24, 2.45) is 5.92 Å². The van der Waals surface area contributed by atoms with Crippen molar-refractivity contribution in [3.8, 4) is 0 Å². The second-order valence-electron chi connectivity index (χ2n) is 4.93. The number of amides is 2. The van der Waals surface area contributed by atoms with Crippen LogP contribution in [0.1, 0.15) is 19.8 Å². The third-order valence-electron chi connectivity index (χ3n) is 3.76. The van der Waals surface area contributed by atoms with Crippen LogP contribution in [0.25, 0.3) is 0 Å². The standard InChI is InChI=1S/C12H21N3O2/c1-2-14-5-3-10(4-6-14)8-15-9-11(16)13-7-12(15)17/h10H,2-9H2,1H3,(H,13,16). The predicted molar refractivity (Wildman–Crippen MR) is 64.4 cm³/mol. The van der Waals surface area contributed by atoms with E-state index in [0.29, 0.717) is 5.92 Å². The molecule has 0 radical (unpaired) electrons. The molecule has 0 bridgehead atoms. The molecule has 2 heterocycles. The van der Waals surface area contributed by atoms with E-state index in [9.17, 15) is 9.59 Å². The molecule has 2 aliphatic heterocycles. The van der Waals surface area contributed by atoms with Gasteiger partial charge < -0.3 is 15.1 Å². The summed E-state index contributed by atoms with van der Waals surface area (Å²) in [6.07, 6.45) is 2.28. The van der Waals surface area contributed by atoms with E-state index in [1.165, 1.54) is 0 Å². The number of nitrogens with one attached hydrogen (secondary N) is 1. The van der Waals surface area contributed by atoms with E-state index in [1.807, 2.05) is 0 Å². The van der Waals surface area contributed by atoms with Gasteiger partial charge in [-0.25, -0.2) is 0 Å². The molecule has 2 aliphatic rings. The number of hydrogen-bond acceptors (Lipinski definition) is 3. The van der Waals surface area contributed by atoms with Gasteiger partial charge >= 0.3 is 0 Å². The van der Waals surface area contributed by atoms with Crippen molar-refractivity contribution >= 4 is 11.8 Å². The van der Waals surface area contributed by atoms with Crippen molar-refractivity contribution < 1.29 is 9.59 Å². The molecule has 0 atom stereocenters. The lowest BCUT2D eigenvalue weighted by Gasteiger charge is -2.35. The first-order chi connectivity index (χ1) is 8.19. The number of piperidine rings is 1. The van der Waals surface area contributed by atoms with Gasteiger partial charge in [-0.15, -0.1) is 0 Å². The van der Waals surface area contributed by atoms with Crippen LogP contribution >= 0.6 is 0 Å². The Morgan fingerprint density at radius 2 is 2.00 bits per heavy atom. The SMILES string of the molecule is CCN1CCC(CN2CC(=O)NCC2=O)CC1. The Hall–Kier alpha value is -1.10. The van der Waals surface area contributed by atoms with E-state index in [0.717, 1.165) is 39.0 Å². The molecule has 2 rings (SSSR count). The van der Waals surface area contributed by atoms with Crippen LogP contribution in [0.2, 0.25) is 0 Å². The van der Waals surface area contributed by atoms with Crippen LogP contribution in [-0.2, 0) is 9.59 Å². The van der Waals surface area contributed by atoms with E-state index < -0.39 is 0 Å². The molecule has 2 amide bonds. The fraction of sp³-hybridized carbons (Fsp3) is 0.833. The van der Waals surface area contributed by atoms with Crippen LogP contribution in [-0.4, -0.2) is 60.9 Å². The molecule has 0 unspecified atom stereocenters. The van der Waals surface area contributed by atoms with Gasteiger partial charge in [0.1, 0.15) is 0 Å². The third-order valence-corrected chi connectivity index (χ3v) is 3.76. The zero-order chi connectivity index (χ0) is 12.3. The smallest absolute Gasteiger partial charge is 0.242 e. The normalized spacial score (nSPS) is 23.9. The Bertz CT molecular complexity index is 298. The number of hydrogen-bond donors (Lipinski definition) is 1. The summed E-state index contributed by atoms with van der Waals surface area (Å²) in [6.45, 7) is 6.70. The molecular weight excluding hydrogens is 218 g/mol. The van der Waals surface area contributed by atoms with Crippen molar-refractivity contribution in [1.82, 2.24) is 15.1 Å². The summed E-state index contributed by atoms with van der Waals surface area (Å²) >= 11 is 0. The van der Waals surface area contributed by atoms with Crippen LogP contribution in [0.15, 0.2) is 0 Å². The average molecular weight is 239 g/mol. The van der Waals surface area contributed by atoms with E-state index in [1.54, 1.807) is 4.90 Å². The minimum atomic E-state index is -0.0319.